The highest BCUT2D eigenvalue weighted by molar-refractivity contribution is 5.97. The normalized spacial score (nSPS) is 11.2. The fourth-order valence-corrected chi connectivity index (χ4v) is 1.50. The van der Waals surface area contributed by atoms with E-state index in [1.54, 1.807) is 0 Å². The summed E-state index contributed by atoms with van der Waals surface area (Å²) in [6.07, 6.45) is 0.148. The second-order valence-corrected chi connectivity index (χ2v) is 3.93. The van der Waals surface area contributed by atoms with Crippen molar-refractivity contribution >= 4 is 17.5 Å². The minimum Gasteiger partial charge on any atom is -0.368 e. The summed E-state index contributed by atoms with van der Waals surface area (Å²) in [6.45, 7) is 0. The molecule has 0 saturated carbocycles. The topological polar surface area (TPSA) is 139 Å². The number of amides is 2. The van der Waals surface area contributed by atoms with E-state index in [2.05, 4.69) is 5.32 Å². The fourth-order valence-electron chi connectivity index (χ4n) is 1.50. The van der Waals surface area contributed by atoms with Gasteiger partial charge < -0.3 is 11.1 Å². The van der Waals surface area contributed by atoms with Gasteiger partial charge in [0, 0.05) is 24.1 Å². The van der Waals surface area contributed by atoms with Crippen LogP contribution in [0.15, 0.2) is 24.3 Å². The molecule has 0 radical (unpaired) electrons. The molecule has 0 bridgehead atoms. The highest BCUT2D eigenvalue weighted by Crippen LogP contribution is 2.13. The van der Waals surface area contributed by atoms with Crippen molar-refractivity contribution in [3.8, 4) is 6.07 Å². The highest BCUT2D eigenvalue weighted by Gasteiger charge is 2.19. The third-order valence-electron chi connectivity index (χ3n) is 2.51. The minimum atomic E-state index is -0.985. The summed E-state index contributed by atoms with van der Waals surface area (Å²) in [4.78, 5) is 33.0. The summed E-state index contributed by atoms with van der Waals surface area (Å²) in [7, 11) is 0. The summed E-state index contributed by atoms with van der Waals surface area (Å²) < 4.78 is 0. The second kappa shape index (κ2) is 6.84. The van der Waals surface area contributed by atoms with Crippen molar-refractivity contribution in [2.24, 2.45) is 5.73 Å². The quantitative estimate of drug-likeness (QED) is 0.574. The Morgan fingerprint density at radius 3 is 2.75 bits per heavy atom. The van der Waals surface area contributed by atoms with E-state index >= 15 is 0 Å². The molecule has 1 aromatic rings. The zero-order chi connectivity index (χ0) is 15.1. The fraction of sp³-hybridized carbons (Fsp3) is 0.250. The Morgan fingerprint density at radius 2 is 2.20 bits per heavy atom. The molecule has 8 heteroatoms. The molecule has 0 aromatic heterocycles. The number of nitro benzene ring substituents is 1. The average Bonchev–Trinajstić information content (AvgIpc) is 2.42. The number of benzene rings is 1. The predicted molar refractivity (Wildman–Crippen MR) is 68.4 cm³/mol. The van der Waals surface area contributed by atoms with Crippen LogP contribution in [0.1, 0.15) is 23.2 Å². The molecule has 1 aromatic carbocycles. The molecule has 0 unspecified atom stereocenters. The number of non-ortho nitro benzene ring substituents is 1. The first kappa shape index (κ1) is 15.1. The molecule has 1 atom stereocenters. The molecule has 0 spiro atoms. The van der Waals surface area contributed by atoms with Crippen molar-refractivity contribution in [1.29, 1.82) is 5.26 Å². The lowest BCUT2D eigenvalue weighted by atomic mass is 10.1. The number of carbonyl (C=O) groups is 2. The molecule has 1 rings (SSSR count). The van der Waals surface area contributed by atoms with Crippen molar-refractivity contribution in [2.75, 3.05) is 0 Å². The van der Waals surface area contributed by atoms with Gasteiger partial charge in [-0.3, -0.25) is 19.7 Å². The minimum absolute atomic E-state index is 0.0439. The van der Waals surface area contributed by atoms with Crippen LogP contribution < -0.4 is 11.1 Å². The molecule has 0 fully saturated rings. The summed E-state index contributed by atoms with van der Waals surface area (Å²) in [5.41, 5.74) is 4.92. The van der Waals surface area contributed by atoms with Gasteiger partial charge in [-0.2, -0.15) is 5.26 Å². The zero-order valence-corrected chi connectivity index (χ0v) is 10.4. The molecule has 0 aliphatic heterocycles. The Kier molecular flexibility index (Phi) is 5.17. The number of nitrogens with two attached hydrogens (primary N) is 1. The van der Waals surface area contributed by atoms with Crippen molar-refractivity contribution < 1.29 is 14.5 Å². The van der Waals surface area contributed by atoms with E-state index in [0.717, 1.165) is 6.07 Å². The molecular formula is C12H12N4O4. The molecular weight excluding hydrogens is 264 g/mol. The molecule has 104 valence electrons. The maximum Gasteiger partial charge on any atom is 0.270 e. The number of nitro groups is 1. The lowest BCUT2D eigenvalue weighted by molar-refractivity contribution is -0.384. The van der Waals surface area contributed by atoms with Crippen molar-refractivity contribution in [3.05, 3.63) is 39.9 Å². The van der Waals surface area contributed by atoms with Gasteiger partial charge in [-0.05, 0) is 12.5 Å². The first-order valence-corrected chi connectivity index (χ1v) is 5.67. The number of carbonyl (C=O) groups excluding carboxylic acids is 2. The van der Waals surface area contributed by atoms with Crippen LogP contribution in [0.2, 0.25) is 0 Å². The SMILES string of the molecule is N#CCC[C@H](NC(=O)c1cccc([N+](=O)[O-])c1)C(N)=O. The monoisotopic (exact) mass is 276 g/mol. The van der Waals surface area contributed by atoms with Crippen LogP contribution in [0.5, 0.6) is 0 Å². The summed E-state index contributed by atoms with van der Waals surface area (Å²) >= 11 is 0. The lowest BCUT2D eigenvalue weighted by Crippen LogP contribution is -2.44. The van der Waals surface area contributed by atoms with Gasteiger partial charge in [-0.15, -0.1) is 0 Å². The summed E-state index contributed by atoms with van der Waals surface area (Å²) in [6, 6.07) is 5.94. The van der Waals surface area contributed by atoms with Crippen LogP contribution in [0.25, 0.3) is 0 Å². The molecule has 0 heterocycles. The average molecular weight is 276 g/mol. The zero-order valence-electron chi connectivity index (χ0n) is 10.4. The van der Waals surface area contributed by atoms with E-state index in [9.17, 15) is 19.7 Å². The first-order valence-electron chi connectivity index (χ1n) is 5.67. The van der Waals surface area contributed by atoms with Crippen LogP contribution >= 0.6 is 0 Å². The van der Waals surface area contributed by atoms with Gasteiger partial charge in [0.15, 0.2) is 0 Å². The van der Waals surface area contributed by atoms with Gasteiger partial charge in [-0.1, -0.05) is 6.07 Å². The third kappa shape index (κ3) is 4.06. The highest BCUT2D eigenvalue weighted by atomic mass is 16.6. The first-order chi connectivity index (χ1) is 9.45. The van der Waals surface area contributed by atoms with E-state index in [0.29, 0.717) is 0 Å². The van der Waals surface area contributed by atoms with E-state index in [1.807, 2.05) is 6.07 Å². The van der Waals surface area contributed by atoms with Gasteiger partial charge >= 0.3 is 0 Å². The standard InChI is InChI=1S/C12H12N4O4/c13-6-2-5-10(11(14)17)15-12(18)8-3-1-4-9(7-8)16(19)20/h1,3-4,7,10H,2,5H2,(H2,14,17)(H,15,18)/t10-/m0/s1. The smallest absolute Gasteiger partial charge is 0.270 e. The number of hydrogen-bond acceptors (Lipinski definition) is 5. The van der Waals surface area contributed by atoms with E-state index in [4.69, 9.17) is 11.0 Å². The molecule has 0 aliphatic carbocycles. The van der Waals surface area contributed by atoms with Gasteiger partial charge in [0.05, 0.1) is 11.0 Å². The maximum absolute atomic E-state index is 11.9. The van der Waals surface area contributed by atoms with Crippen LogP contribution in [0, 0.1) is 21.4 Å². The second-order valence-electron chi connectivity index (χ2n) is 3.93. The number of hydrogen-bond donors (Lipinski definition) is 2. The summed E-state index contributed by atoms with van der Waals surface area (Å²) in [5.74, 6) is -1.42. The van der Waals surface area contributed by atoms with Gasteiger partial charge in [0.25, 0.3) is 11.6 Å². The third-order valence-corrected chi connectivity index (χ3v) is 2.51. The van der Waals surface area contributed by atoms with E-state index in [-0.39, 0.29) is 24.1 Å². The largest absolute Gasteiger partial charge is 0.368 e. The molecule has 20 heavy (non-hydrogen) atoms. The number of nitrogens with zero attached hydrogens (tertiary/aromatic N) is 2. The van der Waals surface area contributed by atoms with Crippen molar-refractivity contribution in [3.63, 3.8) is 0 Å². The molecule has 8 nitrogen and oxygen atoms in total. The van der Waals surface area contributed by atoms with Crippen molar-refractivity contribution in [1.82, 2.24) is 5.32 Å². The number of nitriles is 1. The van der Waals surface area contributed by atoms with Crippen LogP contribution in [-0.2, 0) is 4.79 Å². The molecule has 0 saturated heterocycles. The number of primary amides is 1. The Balaban J connectivity index is 2.84. The van der Waals surface area contributed by atoms with Gasteiger partial charge in [0.1, 0.15) is 6.04 Å². The Morgan fingerprint density at radius 1 is 1.50 bits per heavy atom. The number of rotatable bonds is 6. The number of nitrogens with one attached hydrogen (secondary N) is 1. The lowest BCUT2D eigenvalue weighted by Gasteiger charge is -2.13. The molecule has 0 aliphatic rings. The Labute approximate surface area is 114 Å². The van der Waals surface area contributed by atoms with E-state index in [1.165, 1.54) is 18.2 Å². The predicted octanol–water partition coefficient (Wildman–Crippen LogP) is 0.482. The summed E-state index contributed by atoms with van der Waals surface area (Å²) in [5, 5.41) is 21.4. The Bertz CT molecular complexity index is 579. The maximum atomic E-state index is 11.9. The molecule has 3 N–H and O–H groups in total. The van der Waals surface area contributed by atoms with Gasteiger partial charge in [-0.25, -0.2) is 0 Å². The molecule has 2 amide bonds. The van der Waals surface area contributed by atoms with E-state index < -0.39 is 22.8 Å². The van der Waals surface area contributed by atoms with Crippen LogP contribution in [0.3, 0.4) is 0 Å². The Hall–Kier alpha value is -2.95. The van der Waals surface area contributed by atoms with Crippen LogP contribution in [0.4, 0.5) is 5.69 Å². The van der Waals surface area contributed by atoms with Crippen LogP contribution in [-0.4, -0.2) is 22.8 Å². The van der Waals surface area contributed by atoms with Crippen molar-refractivity contribution in [2.45, 2.75) is 18.9 Å². The van der Waals surface area contributed by atoms with Gasteiger partial charge in [0.2, 0.25) is 5.91 Å².